The van der Waals surface area contributed by atoms with Crippen molar-refractivity contribution in [2.45, 2.75) is 6.92 Å². The second-order valence-corrected chi connectivity index (χ2v) is 5.39. The molecule has 0 aliphatic rings. The van der Waals surface area contributed by atoms with Gasteiger partial charge in [-0.25, -0.2) is 9.59 Å². The van der Waals surface area contributed by atoms with E-state index in [9.17, 15) is 9.59 Å². The molecule has 0 unspecified atom stereocenters. The third-order valence-corrected chi connectivity index (χ3v) is 3.33. The fourth-order valence-electron chi connectivity index (χ4n) is 1.77. The van der Waals surface area contributed by atoms with Gasteiger partial charge in [-0.15, -0.1) is 0 Å². The van der Waals surface area contributed by atoms with E-state index < -0.39 is 11.9 Å². The number of aromatic carboxylic acids is 1. The van der Waals surface area contributed by atoms with Crippen LogP contribution in [0.4, 0.5) is 0 Å². The average Bonchev–Trinajstić information content (AvgIpc) is 2.48. The molecule has 2 aromatic rings. The Bertz CT molecular complexity index is 711. The summed E-state index contributed by atoms with van der Waals surface area (Å²) in [5.41, 5.74) is 0.795. The number of hydrogen-bond acceptors (Lipinski definition) is 4. The molecule has 22 heavy (non-hydrogen) atoms. The van der Waals surface area contributed by atoms with Gasteiger partial charge in [0.1, 0.15) is 17.1 Å². The summed E-state index contributed by atoms with van der Waals surface area (Å²) in [6.45, 7) is 1.55. The SMILES string of the molecule is Cc1ccccc1OCC(=O)Oc1ccc(Br)cc1C(=O)O. The van der Waals surface area contributed by atoms with Gasteiger partial charge in [-0.1, -0.05) is 34.1 Å². The standard InChI is InChI=1S/C16H13BrO5/c1-10-4-2-3-5-13(10)21-9-15(18)22-14-7-6-11(17)8-12(14)16(19)20/h2-8H,9H2,1H3,(H,19,20). The lowest BCUT2D eigenvalue weighted by Gasteiger charge is -2.10. The summed E-state index contributed by atoms with van der Waals surface area (Å²) >= 11 is 3.17. The molecule has 0 saturated heterocycles. The number of carboxylic acids is 1. The largest absolute Gasteiger partial charge is 0.482 e. The zero-order valence-corrected chi connectivity index (χ0v) is 13.3. The maximum absolute atomic E-state index is 11.8. The Hall–Kier alpha value is -2.34. The Balaban J connectivity index is 2.04. The third-order valence-electron chi connectivity index (χ3n) is 2.83. The summed E-state index contributed by atoms with van der Waals surface area (Å²) in [5.74, 6) is -1.29. The van der Waals surface area contributed by atoms with Crippen LogP contribution >= 0.6 is 15.9 Å². The minimum Gasteiger partial charge on any atom is -0.482 e. The molecule has 2 aromatic carbocycles. The lowest BCUT2D eigenvalue weighted by molar-refractivity contribution is -0.136. The van der Waals surface area contributed by atoms with Crippen LogP contribution in [0.5, 0.6) is 11.5 Å². The molecule has 0 aliphatic carbocycles. The number of halogens is 1. The van der Waals surface area contributed by atoms with Crippen molar-refractivity contribution >= 4 is 27.9 Å². The summed E-state index contributed by atoms with van der Waals surface area (Å²) in [5, 5.41) is 9.10. The number of para-hydroxylation sites is 1. The van der Waals surface area contributed by atoms with Crippen LogP contribution in [-0.4, -0.2) is 23.7 Å². The molecular formula is C16H13BrO5. The number of carbonyl (C=O) groups is 2. The van der Waals surface area contributed by atoms with Gasteiger partial charge in [-0.05, 0) is 36.8 Å². The fraction of sp³-hybridized carbons (Fsp3) is 0.125. The Kier molecular flexibility index (Phi) is 5.16. The summed E-state index contributed by atoms with van der Waals surface area (Å²) in [4.78, 5) is 22.9. The number of ether oxygens (including phenoxy) is 2. The van der Waals surface area contributed by atoms with E-state index in [0.29, 0.717) is 10.2 Å². The van der Waals surface area contributed by atoms with Crippen LogP contribution in [0.2, 0.25) is 0 Å². The molecule has 0 saturated carbocycles. The Morgan fingerprint density at radius 1 is 1.14 bits per heavy atom. The lowest BCUT2D eigenvalue weighted by atomic mass is 10.2. The predicted molar refractivity (Wildman–Crippen MR) is 83.4 cm³/mol. The quantitative estimate of drug-likeness (QED) is 0.649. The van der Waals surface area contributed by atoms with E-state index in [1.165, 1.54) is 12.1 Å². The minimum atomic E-state index is -1.18. The first-order valence-corrected chi connectivity index (χ1v) is 7.18. The third kappa shape index (κ3) is 4.08. The zero-order chi connectivity index (χ0) is 16.1. The van der Waals surface area contributed by atoms with Crippen molar-refractivity contribution in [1.82, 2.24) is 0 Å². The van der Waals surface area contributed by atoms with Crippen molar-refractivity contribution < 1.29 is 24.2 Å². The van der Waals surface area contributed by atoms with Gasteiger partial charge >= 0.3 is 11.9 Å². The highest BCUT2D eigenvalue weighted by Crippen LogP contribution is 2.23. The summed E-state index contributed by atoms with van der Waals surface area (Å²) in [6, 6.07) is 11.6. The molecule has 0 spiro atoms. The maximum Gasteiger partial charge on any atom is 0.349 e. The van der Waals surface area contributed by atoms with Crippen molar-refractivity contribution in [3.8, 4) is 11.5 Å². The molecule has 0 aliphatic heterocycles. The molecule has 0 radical (unpaired) electrons. The Labute approximate surface area is 135 Å². The highest BCUT2D eigenvalue weighted by atomic mass is 79.9. The Morgan fingerprint density at radius 2 is 1.86 bits per heavy atom. The minimum absolute atomic E-state index is 0.0194. The average molecular weight is 365 g/mol. The second-order valence-electron chi connectivity index (χ2n) is 4.47. The van der Waals surface area contributed by atoms with Crippen molar-refractivity contribution in [3.05, 3.63) is 58.1 Å². The van der Waals surface area contributed by atoms with Crippen molar-refractivity contribution in [2.24, 2.45) is 0 Å². The normalized spacial score (nSPS) is 10.1. The molecule has 2 rings (SSSR count). The molecule has 5 nitrogen and oxygen atoms in total. The van der Waals surface area contributed by atoms with Crippen LogP contribution in [0.3, 0.4) is 0 Å². The molecule has 114 valence electrons. The van der Waals surface area contributed by atoms with Crippen LogP contribution in [0.1, 0.15) is 15.9 Å². The van der Waals surface area contributed by atoms with Crippen LogP contribution in [0.15, 0.2) is 46.9 Å². The first kappa shape index (κ1) is 16.0. The van der Waals surface area contributed by atoms with Crippen molar-refractivity contribution in [2.75, 3.05) is 6.61 Å². The summed E-state index contributed by atoms with van der Waals surface area (Å²) in [6.07, 6.45) is 0. The van der Waals surface area contributed by atoms with Gasteiger partial charge in [0, 0.05) is 4.47 Å². The van der Waals surface area contributed by atoms with E-state index in [1.807, 2.05) is 19.1 Å². The molecule has 0 amide bonds. The van der Waals surface area contributed by atoms with E-state index in [-0.39, 0.29) is 17.9 Å². The first-order valence-electron chi connectivity index (χ1n) is 6.39. The maximum atomic E-state index is 11.8. The number of hydrogen-bond donors (Lipinski definition) is 1. The van der Waals surface area contributed by atoms with Crippen molar-refractivity contribution in [3.63, 3.8) is 0 Å². The summed E-state index contributed by atoms with van der Waals surface area (Å²) in [7, 11) is 0. The molecule has 1 N–H and O–H groups in total. The molecule has 0 aromatic heterocycles. The van der Waals surface area contributed by atoms with E-state index in [4.69, 9.17) is 14.6 Å². The van der Waals surface area contributed by atoms with Crippen LogP contribution in [-0.2, 0) is 4.79 Å². The zero-order valence-electron chi connectivity index (χ0n) is 11.7. The van der Waals surface area contributed by atoms with Gasteiger partial charge in [-0.3, -0.25) is 0 Å². The van der Waals surface area contributed by atoms with E-state index in [2.05, 4.69) is 15.9 Å². The number of carbonyl (C=O) groups excluding carboxylic acids is 1. The number of benzene rings is 2. The smallest absolute Gasteiger partial charge is 0.349 e. The predicted octanol–water partition coefficient (Wildman–Crippen LogP) is 3.44. The van der Waals surface area contributed by atoms with Gasteiger partial charge < -0.3 is 14.6 Å². The van der Waals surface area contributed by atoms with Crippen molar-refractivity contribution in [1.29, 1.82) is 0 Å². The molecular weight excluding hydrogens is 352 g/mol. The molecule has 0 heterocycles. The summed E-state index contributed by atoms with van der Waals surface area (Å²) < 4.78 is 11.0. The lowest BCUT2D eigenvalue weighted by Crippen LogP contribution is -2.19. The van der Waals surface area contributed by atoms with Gasteiger partial charge in [0.2, 0.25) is 0 Å². The van der Waals surface area contributed by atoms with E-state index in [1.54, 1.807) is 18.2 Å². The highest BCUT2D eigenvalue weighted by Gasteiger charge is 2.15. The molecule has 0 bridgehead atoms. The number of esters is 1. The highest BCUT2D eigenvalue weighted by molar-refractivity contribution is 9.10. The number of aryl methyl sites for hydroxylation is 1. The van der Waals surface area contributed by atoms with E-state index >= 15 is 0 Å². The van der Waals surface area contributed by atoms with Crippen LogP contribution < -0.4 is 9.47 Å². The topological polar surface area (TPSA) is 72.8 Å². The van der Waals surface area contributed by atoms with Gasteiger partial charge in [0.05, 0.1) is 0 Å². The van der Waals surface area contributed by atoms with Gasteiger partial charge in [-0.2, -0.15) is 0 Å². The second kappa shape index (κ2) is 7.09. The molecule has 0 atom stereocenters. The molecule has 6 heteroatoms. The Morgan fingerprint density at radius 3 is 2.55 bits per heavy atom. The number of carboxylic acid groups (broad SMARTS) is 1. The monoisotopic (exact) mass is 364 g/mol. The fourth-order valence-corrected chi connectivity index (χ4v) is 2.13. The van der Waals surface area contributed by atoms with Crippen LogP contribution in [0.25, 0.3) is 0 Å². The van der Waals surface area contributed by atoms with Gasteiger partial charge in [0.15, 0.2) is 6.61 Å². The van der Waals surface area contributed by atoms with E-state index in [0.717, 1.165) is 5.56 Å². The molecule has 0 fully saturated rings. The first-order chi connectivity index (χ1) is 10.5. The number of rotatable bonds is 5. The van der Waals surface area contributed by atoms with Gasteiger partial charge in [0.25, 0.3) is 0 Å². The van der Waals surface area contributed by atoms with Crippen LogP contribution in [0, 0.1) is 6.92 Å².